The Kier molecular flexibility index (Phi) is 6.16. The predicted octanol–water partition coefficient (Wildman–Crippen LogP) is 0.481. The summed E-state index contributed by atoms with van der Waals surface area (Å²) in [7, 11) is 0. The third-order valence-corrected chi connectivity index (χ3v) is 2.89. The molecule has 3 N–H and O–H groups in total. The average Bonchev–Trinajstić information content (AvgIpc) is 2.38. The van der Waals surface area contributed by atoms with Crippen LogP contribution in [0.4, 0.5) is 0 Å². The minimum Gasteiger partial charge on any atom is -0.465 e. The molecule has 98 valence electrons. The number of carbonyl (C=O) groups excluding carboxylic acids is 2. The van der Waals surface area contributed by atoms with Crippen molar-refractivity contribution in [3.05, 3.63) is 29.6 Å². The van der Waals surface area contributed by atoms with Crippen LogP contribution in [0.25, 0.3) is 0 Å². The van der Waals surface area contributed by atoms with E-state index in [0.29, 0.717) is 18.1 Å². The molecule has 6 nitrogen and oxygen atoms in total. The number of amides is 1. The number of hydrogen-bond donors (Lipinski definition) is 2. The second-order valence-electron chi connectivity index (χ2n) is 3.29. The molecule has 0 radical (unpaired) electrons. The maximum Gasteiger partial charge on any atom is 0.315 e. The lowest BCUT2D eigenvalue weighted by Crippen LogP contribution is -2.30. The van der Waals surface area contributed by atoms with Gasteiger partial charge in [0.15, 0.2) is 0 Å². The highest BCUT2D eigenvalue weighted by atomic mass is 32.2. The Bertz CT molecular complexity index is 426. The summed E-state index contributed by atoms with van der Waals surface area (Å²) in [6, 6.07) is 5.07. The van der Waals surface area contributed by atoms with Gasteiger partial charge in [0.25, 0.3) is 5.91 Å². The summed E-state index contributed by atoms with van der Waals surface area (Å²) in [5.41, 5.74) is 2.99. The molecular formula is C11H15N3O3S. The monoisotopic (exact) mass is 269 g/mol. The van der Waals surface area contributed by atoms with Gasteiger partial charge in [-0.2, -0.15) is 0 Å². The number of esters is 1. The molecule has 0 atom stereocenters. The van der Waals surface area contributed by atoms with Crippen LogP contribution < -0.4 is 11.3 Å². The fraction of sp³-hybridized carbons (Fsp3) is 0.364. The molecule has 0 aliphatic carbocycles. The van der Waals surface area contributed by atoms with E-state index >= 15 is 0 Å². The van der Waals surface area contributed by atoms with Gasteiger partial charge in [-0.15, -0.1) is 11.8 Å². The van der Waals surface area contributed by atoms with Gasteiger partial charge in [-0.1, -0.05) is 6.07 Å². The molecular weight excluding hydrogens is 254 g/mol. The predicted molar refractivity (Wildman–Crippen MR) is 68.7 cm³/mol. The molecule has 1 aromatic rings. The summed E-state index contributed by atoms with van der Waals surface area (Å²) in [6.07, 6.45) is 0. The molecule has 18 heavy (non-hydrogen) atoms. The number of nitrogens with one attached hydrogen (secondary N) is 1. The molecule has 0 spiro atoms. The highest BCUT2D eigenvalue weighted by Gasteiger charge is 2.07. The van der Waals surface area contributed by atoms with Crippen LogP contribution in [-0.4, -0.2) is 29.2 Å². The van der Waals surface area contributed by atoms with Crippen molar-refractivity contribution in [2.24, 2.45) is 5.84 Å². The lowest BCUT2D eigenvalue weighted by molar-refractivity contribution is -0.139. The summed E-state index contributed by atoms with van der Waals surface area (Å²) >= 11 is 1.38. The van der Waals surface area contributed by atoms with Crippen molar-refractivity contribution in [3.63, 3.8) is 0 Å². The van der Waals surface area contributed by atoms with E-state index in [9.17, 15) is 9.59 Å². The Morgan fingerprint density at radius 3 is 2.94 bits per heavy atom. The van der Waals surface area contributed by atoms with Crippen LogP contribution in [0.15, 0.2) is 18.2 Å². The van der Waals surface area contributed by atoms with E-state index in [1.165, 1.54) is 11.8 Å². The largest absolute Gasteiger partial charge is 0.465 e. The van der Waals surface area contributed by atoms with Crippen LogP contribution in [0.5, 0.6) is 0 Å². The highest BCUT2D eigenvalue weighted by molar-refractivity contribution is 7.99. The molecule has 0 aliphatic rings. The van der Waals surface area contributed by atoms with Crippen molar-refractivity contribution in [2.45, 2.75) is 12.7 Å². The molecule has 0 fully saturated rings. The summed E-state index contributed by atoms with van der Waals surface area (Å²) < 4.78 is 4.80. The first-order chi connectivity index (χ1) is 8.67. The summed E-state index contributed by atoms with van der Waals surface area (Å²) in [5, 5.41) is 0. The van der Waals surface area contributed by atoms with Crippen LogP contribution in [0, 0.1) is 0 Å². The number of rotatable bonds is 6. The molecule has 0 saturated heterocycles. The summed E-state index contributed by atoms with van der Waals surface area (Å²) in [5.74, 6) is 5.13. The Balaban J connectivity index is 2.47. The van der Waals surface area contributed by atoms with Crippen molar-refractivity contribution in [2.75, 3.05) is 12.4 Å². The number of ether oxygens (including phenoxy) is 1. The number of carbonyl (C=O) groups is 2. The first kappa shape index (κ1) is 14.5. The zero-order valence-corrected chi connectivity index (χ0v) is 10.8. The zero-order chi connectivity index (χ0) is 13.4. The Hall–Kier alpha value is -1.60. The van der Waals surface area contributed by atoms with E-state index < -0.39 is 5.91 Å². The molecule has 1 amide bonds. The Labute approximate surface area is 109 Å². The number of nitrogens with two attached hydrogens (primary N) is 1. The molecule has 0 aromatic carbocycles. The smallest absolute Gasteiger partial charge is 0.315 e. The number of nitrogen functional groups attached to an aromatic ring is 1. The van der Waals surface area contributed by atoms with Gasteiger partial charge >= 0.3 is 5.97 Å². The second-order valence-corrected chi connectivity index (χ2v) is 4.27. The SMILES string of the molecule is CCOC(=O)CSCc1cccc(C(=O)NN)n1. The van der Waals surface area contributed by atoms with E-state index in [-0.39, 0.29) is 17.4 Å². The summed E-state index contributed by atoms with van der Waals surface area (Å²) in [4.78, 5) is 26.5. The lowest BCUT2D eigenvalue weighted by Gasteiger charge is -2.04. The molecule has 7 heteroatoms. The molecule has 1 aromatic heterocycles. The number of thioether (sulfide) groups is 1. The van der Waals surface area contributed by atoms with E-state index in [0.717, 1.165) is 0 Å². The van der Waals surface area contributed by atoms with Gasteiger partial charge in [0, 0.05) is 5.75 Å². The van der Waals surface area contributed by atoms with E-state index in [2.05, 4.69) is 4.98 Å². The maximum atomic E-state index is 11.3. The molecule has 0 bridgehead atoms. The van der Waals surface area contributed by atoms with Crippen LogP contribution in [-0.2, 0) is 15.3 Å². The van der Waals surface area contributed by atoms with E-state index in [1.54, 1.807) is 25.1 Å². The van der Waals surface area contributed by atoms with Crippen LogP contribution in [0.2, 0.25) is 0 Å². The number of hydrogen-bond acceptors (Lipinski definition) is 6. The number of hydrazine groups is 1. The van der Waals surface area contributed by atoms with Crippen molar-refractivity contribution >= 4 is 23.6 Å². The van der Waals surface area contributed by atoms with E-state index in [1.807, 2.05) is 5.43 Å². The highest BCUT2D eigenvalue weighted by Crippen LogP contribution is 2.11. The number of aromatic nitrogens is 1. The molecule has 0 aliphatic heterocycles. The normalized spacial score (nSPS) is 9.89. The Morgan fingerprint density at radius 1 is 1.50 bits per heavy atom. The van der Waals surface area contributed by atoms with Crippen molar-refractivity contribution in [3.8, 4) is 0 Å². The van der Waals surface area contributed by atoms with Gasteiger partial charge in [0.05, 0.1) is 18.1 Å². The standard InChI is InChI=1S/C11H15N3O3S/c1-2-17-10(15)7-18-6-8-4-3-5-9(13-8)11(16)14-12/h3-5H,2,6-7,12H2,1H3,(H,14,16). The van der Waals surface area contributed by atoms with Gasteiger partial charge in [-0.3, -0.25) is 15.0 Å². The minimum absolute atomic E-state index is 0.252. The molecule has 1 heterocycles. The minimum atomic E-state index is -0.438. The van der Waals surface area contributed by atoms with Gasteiger partial charge < -0.3 is 4.74 Å². The van der Waals surface area contributed by atoms with Crippen LogP contribution in [0.1, 0.15) is 23.1 Å². The third kappa shape index (κ3) is 4.72. The van der Waals surface area contributed by atoms with Gasteiger partial charge in [0.1, 0.15) is 5.69 Å². The molecule has 0 unspecified atom stereocenters. The van der Waals surface area contributed by atoms with Crippen molar-refractivity contribution in [1.82, 2.24) is 10.4 Å². The summed E-state index contributed by atoms with van der Waals surface area (Å²) in [6.45, 7) is 2.14. The second kappa shape index (κ2) is 7.67. The van der Waals surface area contributed by atoms with Crippen LogP contribution >= 0.6 is 11.8 Å². The lowest BCUT2D eigenvalue weighted by atomic mass is 10.3. The number of nitrogens with zero attached hydrogens (tertiary/aromatic N) is 1. The van der Waals surface area contributed by atoms with Crippen molar-refractivity contribution in [1.29, 1.82) is 0 Å². The topological polar surface area (TPSA) is 94.3 Å². The number of pyridine rings is 1. The fourth-order valence-electron chi connectivity index (χ4n) is 1.20. The van der Waals surface area contributed by atoms with Gasteiger partial charge in [-0.05, 0) is 19.1 Å². The van der Waals surface area contributed by atoms with Gasteiger partial charge in [0.2, 0.25) is 0 Å². The molecule has 1 rings (SSSR count). The van der Waals surface area contributed by atoms with E-state index in [4.69, 9.17) is 10.6 Å². The average molecular weight is 269 g/mol. The van der Waals surface area contributed by atoms with Crippen molar-refractivity contribution < 1.29 is 14.3 Å². The first-order valence-electron chi connectivity index (χ1n) is 5.37. The first-order valence-corrected chi connectivity index (χ1v) is 6.53. The fourth-order valence-corrected chi connectivity index (χ4v) is 1.92. The maximum absolute atomic E-state index is 11.3. The van der Waals surface area contributed by atoms with Gasteiger partial charge in [-0.25, -0.2) is 10.8 Å². The molecule has 0 saturated carbocycles. The Morgan fingerprint density at radius 2 is 2.28 bits per heavy atom. The quantitative estimate of drug-likeness (QED) is 0.338. The zero-order valence-electron chi connectivity index (χ0n) is 10.0. The third-order valence-electron chi connectivity index (χ3n) is 1.95. The van der Waals surface area contributed by atoms with Crippen LogP contribution in [0.3, 0.4) is 0 Å².